The largest absolute Gasteiger partial charge is 0.353 e. The summed E-state index contributed by atoms with van der Waals surface area (Å²) in [4.78, 5) is 3.81. The number of aliphatic imine (C=N–C) groups is 1. The molecular weight excluding hydrogens is 137 g/mol. The number of allylic oxidation sites excluding steroid dienone is 2. The molecule has 0 fully saturated rings. The van der Waals surface area contributed by atoms with Gasteiger partial charge in [-0.15, -0.1) is 0 Å². The Morgan fingerprint density at radius 1 is 1.64 bits per heavy atom. The molecule has 0 amide bonds. The number of hydrogen-bond acceptors (Lipinski definition) is 3. The molecular formula is C7H14BN3. The van der Waals surface area contributed by atoms with Crippen molar-refractivity contribution in [1.29, 1.82) is 0 Å². The molecule has 0 heterocycles. The second-order valence-electron chi connectivity index (χ2n) is 2.26. The van der Waals surface area contributed by atoms with Crippen molar-refractivity contribution in [2.45, 2.75) is 13.1 Å². The molecule has 0 aliphatic heterocycles. The summed E-state index contributed by atoms with van der Waals surface area (Å²) in [5.74, 6) is 0. The molecule has 0 bridgehead atoms. The van der Waals surface area contributed by atoms with Crippen LogP contribution in [0.4, 0.5) is 0 Å². The lowest BCUT2D eigenvalue weighted by atomic mass is 9.63. The highest BCUT2D eigenvalue weighted by molar-refractivity contribution is 6.54. The summed E-state index contributed by atoms with van der Waals surface area (Å²) < 4.78 is 0. The average molecular weight is 151 g/mol. The van der Waals surface area contributed by atoms with Crippen LogP contribution < -0.4 is 5.34 Å². The fourth-order valence-electron chi connectivity index (χ4n) is 0.638. The van der Waals surface area contributed by atoms with Crippen molar-refractivity contribution >= 4 is 19.8 Å². The Morgan fingerprint density at radius 2 is 2.36 bits per heavy atom. The molecule has 0 saturated carbocycles. The van der Waals surface area contributed by atoms with E-state index in [1.807, 2.05) is 19.0 Å². The predicted octanol–water partition coefficient (Wildman–Crippen LogP) is 1.07. The van der Waals surface area contributed by atoms with Gasteiger partial charge >= 0.3 is 0 Å². The van der Waals surface area contributed by atoms with E-state index in [2.05, 4.69) is 22.1 Å². The summed E-state index contributed by atoms with van der Waals surface area (Å²) in [5.41, 5.74) is 0. The third-order valence-electron chi connectivity index (χ3n) is 1.17. The molecule has 0 aliphatic carbocycles. The zero-order valence-corrected chi connectivity index (χ0v) is 7.12. The Hall–Kier alpha value is -1.06. The van der Waals surface area contributed by atoms with Crippen molar-refractivity contribution in [2.24, 2.45) is 10.1 Å². The maximum Gasteiger partial charge on any atom is 0.273 e. The van der Waals surface area contributed by atoms with E-state index < -0.39 is 0 Å². The molecule has 0 aliphatic rings. The van der Waals surface area contributed by atoms with Crippen LogP contribution in [0.2, 0.25) is 13.1 Å². The zero-order valence-electron chi connectivity index (χ0n) is 7.12. The van der Waals surface area contributed by atoms with E-state index in [0.717, 1.165) is 6.32 Å². The number of hydrogen-bond donors (Lipinski definition) is 1. The van der Waals surface area contributed by atoms with Crippen molar-refractivity contribution in [2.75, 3.05) is 7.05 Å². The first kappa shape index (κ1) is 9.94. The van der Waals surface area contributed by atoms with E-state index in [1.54, 1.807) is 13.3 Å². The standard InChI is InChI=1S/C7H14BN3/c1-8(11-10-3)6-4-5-7-9-2/h4-5,7,11H,3,6H2,1-2H3/b5-4-,9-7?. The molecule has 0 aromatic carbocycles. The van der Waals surface area contributed by atoms with Crippen LogP contribution in [0.5, 0.6) is 0 Å². The third-order valence-corrected chi connectivity index (χ3v) is 1.17. The highest BCUT2D eigenvalue weighted by atomic mass is 15.2. The Bertz CT molecular complexity index is 154. The molecule has 0 rings (SSSR count). The fraction of sp³-hybridized carbons (Fsp3) is 0.429. The van der Waals surface area contributed by atoms with Gasteiger partial charge in [0.05, 0.1) is 0 Å². The van der Waals surface area contributed by atoms with Crippen LogP contribution in [-0.4, -0.2) is 26.8 Å². The summed E-state index contributed by atoms with van der Waals surface area (Å²) in [6, 6.07) is 0. The van der Waals surface area contributed by atoms with Crippen molar-refractivity contribution in [1.82, 2.24) is 5.34 Å². The van der Waals surface area contributed by atoms with E-state index in [-0.39, 0.29) is 0 Å². The number of hydrazone groups is 1. The molecule has 0 aromatic heterocycles. The first-order chi connectivity index (χ1) is 5.31. The molecule has 1 N–H and O–H groups in total. The molecule has 4 heteroatoms. The quantitative estimate of drug-likeness (QED) is 0.356. The SMILES string of the molecule is C=NNB(C)C/C=C\C=NC. The molecule has 0 atom stereocenters. The summed E-state index contributed by atoms with van der Waals surface area (Å²) >= 11 is 0. The van der Waals surface area contributed by atoms with Gasteiger partial charge in [-0.2, -0.15) is 0 Å². The summed E-state index contributed by atoms with van der Waals surface area (Å²) in [7, 11) is 1.75. The van der Waals surface area contributed by atoms with Gasteiger partial charge in [0.15, 0.2) is 0 Å². The molecule has 0 saturated heterocycles. The average Bonchev–Trinajstić information content (AvgIpc) is 1.99. The van der Waals surface area contributed by atoms with Gasteiger partial charge in [0.2, 0.25) is 0 Å². The minimum Gasteiger partial charge on any atom is -0.353 e. The lowest BCUT2D eigenvalue weighted by Crippen LogP contribution is -2.23. The van der Waals surface area contributed by atoms with E-state index in [0.29, 0.717) is 6.85 Å². The van der Waals surface area contributed by atoms with E-state index in [4.69, 9.17) is 0 Å². The highest BCUT2D eigenvalue weighted by Gasteiger charge is 2.00. The van der Waals surface area contributed by atoms with Crippen LogP contribution in [-0.2, 0) is 0 Å². The fourth-order valence-corrected chi connectivity index (χ4v) is 0.638. The minimum absolute atomic E-state index is 0.342. The van der Waals surface area contributed by atoms with E-state index in [9.17, 15) is 0 Å². The van der Waals surface area contributed by atoms with Crippen molar-refractivity contribution in [3.8, 4) is 0 Å². The third kappa shape index (κ3) is 6.83. The number of nitrogens with zero attached hydrogens (tertiary/aromatic N) is 2. The second-order valence-corrected chi connectivity index (χ2v) is 2.26. The maximum absolute atomic E-state index is 3.81. The molecule has 60 valence electrons. The van der Waals surface area contributed by atoms with Crippen LogP contribution in [0.3, 0.4) is 0 Å². The van der Waals surface area contributed by atoms with Gasteiger partial charge in [-0.3, -0.25) is 4.99 Å². The van der Waals surface area contributed by atoms with Gasteiger partial charge in [0.25, 0.3) is 6.85 Å². The first-order valence-electron chi connectivity index (χ1n) is 3.59. The lowest BCUT2D eigenvalue weighted by molar-refractivity contribution is 1.06. The van der Waals surface area contributed by atoms with Crippen molar-refractivity contribution in [3.05, 3.63) is 12.2 Å². The van der Waals surface area contributed by atoms with Crippen molar-refractivity contribution in [3.63, 3.8) is 0 Å². The molecule has 11 heavy (non-hydrogen) atoms. The molecule has 3 nitrogen and oxygen atoms in total. The van der Waals surface area contributed by atoms with Gasteiger partial charge in [0, 0.05) is 20.0 Å². The van der Waals surface area contributed by atoms with Gasteiger partial charge in [0.1, 0.15) is 0 Å². The molecule has 0 spiro atoms. The summed E-state index contributed by atoms with van der Waals surface area (Å²) in [6.07, 6.45) is 6.65. The van der Waals surface area contributed by atoms with Gasteiger partial charge in [-0.05, 0) is 12.4 Å². The Balaban J connectivity index is 3.43. The number of rotatable bonds is 5. The summed E-state index contributed by atoms with van der Waals surface area (Å²) in [5, 5.41) is 6.41. The molecule has 0 radical (unpaired) electrons. The molecule has 0 aromatic rings. The van der Waals surface area contributed by atoms with E-state index in [1.165, 1.54) is 0 Å². The Kier molecular flexibility index (Phi) is 6.38. The Morgan fingerprint density at radius 3 is 2.91 bits per heavy atom. The maximum atomic E-state index is 3.81. The van der Waals surface area contributed by atoms with Crippen molar-refractivity contribution < 1.29 is 0 Å². The smallest absolute Gasteiger partial charge is 0.273 e. The monoisotopic (exact) mass is 151 g/mol. The second kappa shape index (κ2) is 7.06. The van der Waals surface area contributed by atoms with Gasteiger partial charge in [-0.1, -0.05) is 12.9 Å². The molecule has 0 unspecified atom stereocenters. The normalized spacial score (nSPS) is 10.7. The van der Waals surface area contributed by atoms with Crippen LogP contribution in [0.25, 0.3) is 0 Å². The topological polar surface area (TPSA) is 36.8 Å². The van der Waals surface area contributed by atoms with Gasteiger partial charge < -0.3 is 5.34 Å². The number of nitrogens with one attached hydrogen (secondary N) is 1. The van der Waals surface area contributed by atoms with Crippen LogP contribution in [0.15, 0.2) is 22.2 Å². The Labute approximate surface area is 68.4 Å². The van der Waals surface area contributed by atoms with E-state index >= 15 is 0 Å². The van der Waals surface area contributed by atoms with Crippen LogP contribution in [0.1, 0.15) is 0 Å². The zero-order chi connectivity index (χ0) is 8.53. The highest BCUT2D eigenvalue weighted by Crippen LogP contribution is 1.88. The lowest BCUT2D eigenvalue weighted by Gasteiger charge is -2.00. The van der Waals surface area contributed by atoms with Gasteiger partial charge in [-0.25, -0.2) is 5.10 Å². The van der Waals surface area contributed by atoms with Crippen LogP contribution >= 0.6 is 0 Å². The van der Waals surface area contributed by atoms with Crippen LogP contribution in [0, 0.1) is 0 Å². The predicted molar refractivity (Wildman–Crippen MR) is 52.7 cm³/mol. The summed E-state index contributed by atoms with van der Waals surface area (Å²) in [6.45, 7) is 5.72. The minimum atomic E-state index is 0.342. The first-order valence-corrected chi connectivity index (χ1v) is 3.59.